The SMILES string of the molecule is CCOC(=O)c1cn(-c2ccc([N+](=O)[O-])cc2)nc1C(F)(F)F. The minimum absolute atomic E-state index is 0.0845. The first-order valence-corrected chi connectivity index (χ1v) is 6.33. The number of esters is 1. The lowest BCUT2D eigenvalue weighted by Gasteiger charge is -2.05. The Morgan fingerprint density at radius 3 is 2.43 bits per heavy atom. The van der Waals surface area contributed by atoms with Crippen molar-refractivity contribution < 1.29 is 27.6 Å². The quantitative estimate of drug-likeness (QED) is 0.489. The molecule has 0 amide bonds. The van der Waals surface area contributed by atoms with Crippen LogP contribution in [-0.2, 0) is 10.9 Å². The molecule has 7 nitrogen and oxygen atoms in total. The van der Waals surface area contributed by atoms with Crippen LogP contribution in [0.5, 0.6) is 0 Å². The molecule has 0 fully saturated rings. The molecular formula is C13H10F3N3O4. The number of benzene rings is 1. The van der Waals surface area contributed by atoms with Crippen LogP contribution in [0.1, 0.15) is 23.0 Å². The van der Waals surface area contributed by atoms with Gasteiger partial charge in [0.25, 0.3) is 5.69 Å². The molecule has 0 atom stereocenters. The van der Waals surface area contributed by atoms with Crippen LogP contribution in [-0.4, -0.2) is 27.3 Å². The van der Waals surface area contributed by atoms with Gasteiger partial charge in [-0.25, -0.2) is 9.48 Å². The summed E-state index contributed by atoms with van der Waals surface area (Å²) in [5.41, 5.74) is -2.19. The first-order valence-electron chi connectivity index (χ1n) is 6.33. The molecule has 0 saturated carbocycles. The lowest BCUT2D eigenvalue weighted by molar-refractivity contribution is -0.384. The zero-order valence-corrected chi connectivity index (χ0v) is 11.7. The number of nitrogens with zero attached hydrogens (tertiary/aromatic N) is 3. The summed E-state index contributed by atoms with van der Waals surface area (Å²) < 4.78 is 44.3. The van der Waals surface area contributed by atoms with Gasteiger partial charge in [-0.05, 0) is 19.1 Å². The van der Waals surface area contributed by atoms with Gasteiger partial charge in [0.1, 0.15) is 5.56 Å². The lowest BCUT2D eigenvalue weighted by atomic mass is 10.2. The van der Waals surface area contributed by atoms with E-state index in [2.05, 4.69) is 9.84 Å². The van der Waals surface area contributed by atoms with Gasteiger partial charge in [0.05, 0.1) is 17.2 Å². The molecule has 1 heterocycles. The summed E-state index contributed by atoms with van der Waals surface area (Å²) in [7, 11) is 0. The van der Waals surface area contributed by atoms with Crippen LogP contribution in [0.4, 0.5) is 18.9 Å². The van der Waals surface area contributed by atoms with E-state index in [1.165, 1.54) is 19.1 Å². The molecule has 122 valence electrons. The fourth-order valence-corrected chi connectivity index (χ4v) is 1.80. The molecule has 0 aliphatic rings. The second-order valence-corrected chi connectivity index (χ2v) is 4.33. The average molecular weight is 329 g/mol. The number of rotatable bonds is 4. The predicted molar refractivity (Wildman–Crippen MR) is 71.2 cm³/mol. The van der Waals surface area contributed by atoms with Crippen LogP contribution in [0.3, 0.4) is 0 Å². The number of halogens is 3. The highest BCUT2D eigenvalue weighted by Gasteiger charge is 2.39. The third-order valence-corrected chi connectivity index (χ3v) is 2.80. The molecule has 0 radical (unpaired) electrons. The summed E-state index contributed by atoms with van der Waals surface area (Å²) in [6, 6.07) is 4.68. The molecule has 0 bridgehead atoms. The highest BCUT2D eigenvalue weighted by Crippen LogP contribution is 2.32. The third kappa shape index (κ3) is 3.47. The molecule has 0 spiro atoms. The molecule has 0 unspecified atom stereocenters. The minimum Gasteiger partial charge on any atom is -0.462 e. The molecule has 2 rings (SSSR count). The molecule has 10 heteroatoms. The van der Waals surface area contributed by atoms with Crippen LogP contribution >= 0.6 is 0 Å². The number of non-ortho nitro benzene ring substituents is 1. The number of nitro benzene ring substituents is 1. The van der Waals surface area contributed by atoms with Gasteiger partial charge in [-0.3, -0.25) is 10.1 Å². The molecule has 2 aromatic rings. The Balaban J connectivity index is 2.47. The van der Waals surface area contributed by atoms with Gasteiger partial charge in [-0.15, -0.1) is 0 Å². The summed E-state index contributed by atoms with van der Waals surface area (Å²) in [5.74, 6) is -1.15. The number of aromatic nitrogens is 2. The number of ether oxygens (including phenoxy) is 1. The molecule has 0 N–H and O–H groups in total. The monoisotopic (exact) mass is 329 g/mol. The first kappa shape index (κ1) is 16.5. The van der Waals surface area contributed by atoms with Crippen LogP contribution in [0, 0.1) is 10.1 Å². The first-order chi connectivity index (χ1) is 10.7. The van der Waals surface area contributed by atoms with Crippen LogP contribution in [0.25, 0.3) is 5.69 Å². The van der Waals surface area contributed by atoms with E-state index in [0.717, 1.165) is 23.0 Å². The smallest absolute Gasteiger partial charge is 0.436 e. The second kappa shape index (κ2) is 6.07. The van der Waals surface area contributed by atoms with Crippen molar-refractivity contribution in [2.24, 2.45) is 0 Å². The van der Waals surface area contributed by atoms with Crippen LogP contribution in [0.2, 0.25) is 0 Å². The number of alkyl halides is 3. The van der Waals surface area contributed by atoms with E-state index < -0.39 is 28.3 Å². The summed E-state index contributed by atoms with van der Waals surface area (Å²) in [5, 5.41) is 13.9. The molecule has 23 heavy (non-hydrogen) atoms. The minimum atomic E-state index is -4.84. The Hall–Kier alpha value is -2.91. The van der Waals surface area contributed by atoms with Crippen molar-refractivity contribution in [2.45, 2.75) is 13.1 Å². The highest BCUT2D eigenvalue weighted by atomic mass is 19.4. The van der Waals surface area contributed by atoms with Crippen molar-refractivity contribution in [2.75, 3.05) is 6.61 Å². The number of hydrogen-bond acceptors (Lipinski definition) is 5. The van der Waals surface area contributed by atoms with Crippen LogP contribution in [0.15, 0.2) is 30.5 Å². The topological polar surface area (TPSA) is 87.3 Å². The van der Waals surface area contributed by atoms with E-state index in [4.69, 9.17) is 0 Å². The Labute approximate surface area is 127 Å². The Morgan fingerprint density at radius 2 is 1.96 bits per heavy atom. The van der Waals surface area contributed by atoms with Crippen molar-refractivity contribution in [3.8, 4) is 5.69 Å². The summed E-state index contributed by atoms with van der Waals surface area (Å²) in [6.45, 7) is 1.38. The van der Waals surface area contributed by atoms with Gasteiger partial charge in [0.2, 0.25) is 0 Å². The zero-order chi connectivity index (χ0) is 17.2. The van der Waals surface area contributed by atoms with E-state index in [1.807, 2.05) is 0 Å². The maximum absolute atomic E-state index is 13.0. The molecule has 1 aromatic carbocycles. The van der Waals surface area contributed by atoms with Gasteiger partial charge in [0.15, 0.2) is 5.69 Å². The lowest BCUT2D eigenvalue weighted by Crippen LogP contribution is -2.14. The van der Waals surface area contributed by atoms with Crippen molar-refractivity contribution in [3.05, 3.63) is 51.8 Å². The van der Waals surface area contributed by atoms with Crippen molar-refractivity contribution in [1.29, 1.82) is 0 Å². The Bertz CT molecular complexity index is 738. The van der Waals surface area contributed by atoms with E-state index >= 15 is 0 Å². The van der Waals surface area contributed by atoms with Crippen LogP contribution < -0.4 is 0 Å². The average Bonchev–Trinajstić information content (AvgIpc) is 2.93. The largest absolute Gasteiger partial charge is 0.462 e. The molecule has 0 saturated heterocycles. The number of carbonyl (C=O) groups excluding carboxylic acids is 1. The van der Waals surface area contributed by atoms with Gasteiger partial charge in [-0.2, -0.15) is 18.3 Å². The second-order valence-electron chi connectivity index (χ2n) is 4.33. The predicted octanol–water partition coefficient (Wildman–Crippen LogP) is 2.98. The van der Waals surface area contributed by atoms with Gasteiger partial charge >= 0.3 is 12.1 Å². The summed E-state index contributed by atoms with van der Waals surface area (Å²) >= 11 is 0. The van der Waals surface area contributed by atoms with Crippen molar-refractivity contribution in [1.82, 2.24) is 9.78 Å². The molecular weight excluding hydrogens is 319 g/mol. The van der Waals surface area contributed by atoms with E-state index in [0.29, 0.717) is 0 Å². The zero-order valence-electron chi connectivity index (χ0n) is 11.7. The molecule has 1 aromatic heterocycles. The molecule has 0 aliphatic carbocycles. The molecule has 0 aliphatic heterocycles. The maximum Gasteiger partial charge on any atom is 0.436 e. The Kier molecular flexibility index (Phi) is 4.34. The van der Waals surface area contributed by atoms with E-state index in [-0.39, 0.29) is 18.0 Å². The fraction of sp³-hybridized carbons (Fsp3) is 0.231. The fourth-order valence-electron chi connectivity index (χ4n) is 1.80. The number of carbonyl (C=O) groups is 1. The Morgan fingerprint density at radius 1 is 1.35 bits per heavy atom. The summed E-state index contributed by atoms with van der Waals surface area (Å²) in [6.07, 6.45) is -3.96. The normalized spacial score (nSPS) is 11.3. The van der Waals surface area contributed by atoms with Crippen molar-refractivity contribution in [3.63, 3.8) is 0 Å². The third-order valence-electron chi connectivity index (χ3n) is 2.80. The number of nitro groups is 1. The highest BCUT2D eigenvalue weighted by molar-refractivity contribution is 5.90. The van der Waals surface area contributed by atoms with Gasteiger partial charge in [0, 0.05) is 18.3 Å². The standard InChI is InChI=1S/C13H10F3N3O4/c1-2-23-12(20)10-7-18(17-11(10)13(14,15)16)8-3-5-9(6-4-8)19(21)22/h3-7H,2H2,1H3. The van der Waals surface area contributed by atoms with E-state index in [9.17, 15) is 28.1 Å². The van der Waals surface area contributed by atoms with Gasteiger partial charge < -0.3 is 4.74 Å². The van der Waals surface area contributed by atoms with E-state index in [1.54, 1.807) is 0 Å². The maximum atomic E-state index is 13.0. The van der Waals surface area contributed by atoms with Crippen molar-refractivity contribution >= 4 is 11.7 Å². The number of hydrogen-bond donors (Lipinski definition) is 0. The summed E-state index contributed by atoms with van der Waals surface area (Å²) in [4.78, 5) is 21.6. The van der Waals surface area contributed by atoms with Gasteiger partial charge in [-0.1, -0.05) is 0 Å².